The maximum absolute atomic E-state index is 12.1. The van der Waals surface area contributed by atoms with E-state index in [9.17, 15) is 9.59 Å². The van der Waals surface area contributed by atoms with Crippen molar-refractivity contribution in [1.82, 2.24) is 5.32 Å². The lowest BCUT2D eigenvalue weighted by atomic mass is 9.77. The standard InChI is InChI=1S/C15H19NO4/c1-20-8-4-7-13(15(18)19)16-14(17)12-9-10-5-2-3-6-11(10)12/h2-3,5-6,12-13H,4,7-9H2,1H3,(H,16,17)(H,18,19). The van der Waals surface area contributed by atoms with Crippen LogP contribution in [0, 0.1) is 0 Å². The molecule has 0 fully saturated rings. The van der Waals surface area contributed by atoms with Crippen LogP contribution in [0.25, 0.3) is 0 Å². The Bertz CT molecular complexity index is 500. The number of rotatable bonds is 7. The van der Waals surface area contributed by atoms with E-state index in [1.807, 2.05) is 24.3 Å². The summed E-state index contributed by atoms with van der Waals surface area (Å²) in [6, 6.07) is 6.91. The number of amides is 1. The lowest BCUT2D eigenvalue weighted by Gasteiger charge is -2.30. The highest BCUT2D eigenvalue weighted by Gasteiger charge is 2.33. The number of aliphatic carboxylic acids is 1. The first-order valence-electron chi connectivity index (χ1n) is 6.73. The van der Waals surface area contributed by atoms with E-state index < -0.39 is 12.0 Å². The summed E-state index contributed by atoms with van der Waals surface area (Å²) in [6.45, 7) is 0.492. The van der Waals surface area contributed by atoms with Crippen molar-refractivity contribution in [3.8, 4) is 0 Å². The van der Waals surface area contributed by atoms with E-state index >= 15 is 0 Å². The first-order valence-corrected chi connectivity index (χ1v) is 6.73. The summed E-state index contributed by atoms with van der Waals surface area (Å²) in [5, 5.41) is 11.8. The number of methoxy groups -OCH3 is 1. The Kier molecular flexibility index (Phi) is 4.74. The molecule has 1 amide bonds. The van der Waals surface area contributed by atoms with Crippen LogP contribution < -0.4 is 5.32 Å². The fourth-order valence-corrected chi connectivity index (χ4v) is 2.45. The average molecular weight is 277 g/mol. The number of fused-ring (bicyclic) bond motifs is 1. The van der Waals surface area contributed by atoms with Gasteiger partial charge in [0.05, 0.1) is 5.92 Å². The zero-order valence-corrected chi connectivity index (χ0v) is 11.5. The summed E-state index contributed by atoms with van der Waals surface area (Å²) in [7, 11) is 1.57. The largest absolute Gasteiger partial charge is 0.480 e. The van der Waals surface area contributed by atoms with Crippen molar-refractivity contribution in [2.45, 2.75) is 31.2 Å². The molecule has 0 saturated carbocycles. The number of carboxylic acid groups (broad SMARTS) is 1. The van der Waals surface area contributed by atoms with Crippen molar-refractivity contribution >= 4 is 11.9 Å². The molecule has 0 heterocycles. The highest BCUT2D eigenvalue weighted by atomic mass is 16.5. The highest BCUT2D eigenvalue weighted by Crippen LogP contribution is 2.34. The minimum atomic E-state index is -0.998. The van der Waals surface area contributed by atoms with Gasteiger partial charge in [-0.25, -0.2) is 4.79 Å². The molecule has 5 heteroatoms. The maximum Gasteiger partial charge on any atom is 0.326 e. The zero-order chi connectivity index (χ0) is 14.5. The van der Waals surface area contributed by atoms with E-state index in [0.29, 0.717) is 25.9 Å². The zero-order valence-electron chi connectivity index (χ0n) is 11.5. The topological polar surface area (TPSA) is 75.6 Å². The number of carbonyl (C=O) groups is 2. The van der Waals surface area contributed by atoms with Gasteiger partial charge in [0.1, 0.15) is 6.04 Å². The molecule has 0 saturated heterocycles. The molecule has 0 radical (unpaired) electrons. The molecule has 1 aromatic carbocycles. The van der Waals surface area contributed by atoms with Crippen molar-refractivity contribution in [3.05, 3.63) is 35.4 Å². The summed E-state index contributed by atoms with van der Waals surface area (Å²) >= 11 is 0. The van der Waals surface area contributed by atoms with Gasteiger partial charge >= 0.3 is 5.97 Å². The van der Waals surface area contributed by atoms with Gasteiger partial charge in [-0.15, -0.1) is 0 Å². The molecular formula is C15H19NO4. The molecule has 0 spiro atoms. The molecule has 108 valence electrons. The minimum absolute atomic E-state index is 0.200. The molecule has 0 aromatic heterocycles. The smallest absolute Gasteiger partial charge is 0.326 e. The third-order valence-corrected chi connectivity index (χ3v) is 3.63. The molecule has 20 heavy (non-hydrogen) atoms. The van der Waals surface area contributed by atoms with Crippen molar-refractivity contribution in [3.63, 3.8) is 0 Å². The minimum Gasteiger partial charge on any atom is -0.480 e. The second-order valence-corrected chi connectivity index (χ2v) is 4.99. The Hall–Kier alpha value is -1.88. The van der Waals surface area contributed by atoms with Gasteiger partial charge in [0.2, 0.25) is 5.91 Å². The van der Waals surface area contributed by atoms with E-state index in [2.05, 4.69) is 5.32 Å². The van der Waals surface area contributed by atoms with Gasteiger partial charge < -0.3 is 15.2 Å². The summed E-state index contributed by atoms with van der Waals surface area (Å²) < 4.78 is 4.90. The summed E-state index contributed by atoms with van der Waals surface area (Å²) in [5.74, 6) is -1.41. The number of nitrogens with one attached hydrogen (secondary N) is 1. The number of ether oxygens (including phenoxy) is 1. The van der Waals surface area contributed by atoms with Gasteiger partial charge in [-0.1, -0.05) is 24.3 Å². The fraction of sp³-hybridized carbons (Fsp3) is 0.467. The molecule has 0 aliphatic heterocycles. The number of hydrogen-bond donors (Lipinski definition) is 2. The Morgan fingerprint density at radius 3 is 2.85 bits per heavy atom. The second kappa shape index (κ2) is 6.52. The van der Waals surface area contributed by atoms with Crippen LogP contribution in [0.3, 0.4) is 0 Å². The SMILES string of the molecule is COCCCC(NC(=O)C1Cc2ccccc21)C(=O)O. The number of carboxylic acids is 1. The summed E-state index contributed by atoms with van der Waals surface area (Å²) in [6.07, 6.45) is 1.67. The molecule has 0 bridgehead atoms. The van der Waals surface area contributed by atoms with Crippen molar-refractivity contribution in [2.75, 3.05) is 13.7 Å². The Labute approximate surface area is 117 Å². The normalized spacial score (nSPS) is 17.8. The molecule has 2 atom stereocenters. The van der Waals surface area contributed by atoms with Crippen LogP contribution in [0.15, 0.2) is 24.3 Å². The van der Waals surface area contributed by atoms with Crippen LogP contribution in [0.5, 0.6) is 0 Å². The predicted octanol–water partition coefficient (Wildman–Crippen LogP) is 1.32. The number of hydrogen-bond acceptors (Lipinski definition) is 3. The summed E-state index contributed by atoms with van der Waals surface area (Å²) in [5.41, 5.74) is 2.17. The van der Waals surface area contributed by atoms with Crippen molar-refractivity contribution in [2.24, 2.45) is 0 Å². The van der Waals surface area contributed by atoms with E-state index in [1.54, 1.807) is 7.11 Å². The van der Waals surface area contributed by atoms with E-state index in [0.717, 1.165) is 5.56 Å². The van der Waals surface area contributed by atoms with Crippen LogP contribution in [0.4, 0.5) is 0 Å². The summed E-state index contributed by atoms with van der Waals surface area (Å²) in [4.78, 5) is 23.3. The Morgan fingerprint density at radius 1 is 1.45 bits per heavy atom. The molecule has 5 nitrogen and oxygen atoms in total. The third kappa shape index (κ3) is 3.17. The molecule has 2 rings (SSSR count). The lowest BCUT2D eigenvalue weighted by Crippen LogP contribution is -2.45. The molecule has 2 N–H and O–H groups in total. The first-order chi connectivity index (χ1) is 9.63. The number of carbonyl (C=O) groups excluding carboxylic acids is 1. The molecule has 1 aromatic rings. The molecule has 1 aliphatic rings. The van der Waals surface area contributed by atoms with Crippen molar-refractivity contribution < 1.29 is 19.4 Å². The van der Waals surface area contributed by atoms with Gasteiger partial charge in [0.25, 0.3) is 0 Å². The first kappa shape index (κ1) is 14.5. The van der Waals surface area contributed by atoms with Crippen LogP contribution in [0.1, 0.15) is 29.9 Å². The van der Waals surface area contributed by atoms with E-state index in [4.69, 9.17) is 9.84 Å². The predicted molar refractivity (Wildman–Crippen MR) is 73.6 cm³/mol. The monoisotopic (exact) mass is 277 g/mol. The second-order valence-electron chi connectivity index (χ2n) is 4.99. The van der Waals surface area contributed by atoms with Gasteiger partial charge in [-0.3, -0.25) is 4.79 Å². The van der Waals surface area contributed by atoms with Crippen LogP contribution in [-0.2, 0) is 20.7 Å². The third-order valence-electron chi connectivity index (χ3n) is 3.63. The van der Waals surface area contributed by atoms with Crippen LogP contribution >= 0.6 is 0 Å². The van der Waals surface area contributed by atoms with Gasteiger partial charge in [0, 0.05) is 13.7 Å². The Morgan fingerprint density at radius 2 is 2.20 bits per heavy atom. The average Bonchev–Trinajstić information content (AvgIpc) is 2.39. The van der Waals surface area contributed by atoms with E-state index in [1.165, 1.54) is 5.56 Å². The number of benzene rings is 1. The van der Waals surface area contributed by atoms with Gasteiger partial charge in [0.15, 0.2) is 0 Å². The maximum atomic E-state index is 12.1. The van der Waals surface area contributed by atoms with E-state index in [-0.39, 0.29) is 11.8 Å². The van der Waals surface area contributed by atoms with Gasteiger partial charge in [-0.05, 0) is 30.4 Å². The van der Waals surface area contributed by atoms with Crippen molar-refractivity contribution in [1.29, 1.82) is 0 Å². The quantitative estimate of drug-likeness (QED) is 0.737. The van der Waals surface area contributed by atoms with Crippen LogP contribution in [-0.4, -0.2) is 36.7 Å². The van der Waals surface area contributed by atoms with Crippen LogP contribution in [0.2, 0.25) is 0 Å². The fourth-order valence-electron chi connectivity index (χ4n) is 2.45. The molecule has 1 aliphatic carbocycles. The Balaban J connectivity index is 1.91. The molecule has 2 unspecified atom stereocenters. The highest BCUT2D eigenvalue weighted by molar-refractivity contribution is 5.90. The molecular weight excluding hydrogens is 258 g/mol. The lowest BCUT2D eigenvalue weighted by molar-refractivity contribution is -0.142. The van der Waals surface area contributed by atoms with Gasteiger partial charge in [-0.2, -0.15) is 0 Å².